The van der Waals surface area contributed by atoms with Crippen molar-refractivity contribution in [3.63, 3.8) is 0 Å². The van der Waals surface area contributed by atoms with E-state index in [-0.39, 0.29) is 0 Å². The average Bonchev–Trinajstić information content (AvgIpc) is 3.13. The van der Waals surface area contributed by atoms with Gasteiger partial charge in [0.2, 0.25) is 5.78 Å². The first kappa shape index (κ1) is 25.7. The first-order valence-electron chi connectivity index (χ1n) is 12.0. The fourth-order valence-corrected chi connectivity index (χ4v) is 4.53. The van der Waals surface area contributed by atoms with Crippen molar-refractivity contribution in [1.82, 2.24) is 4.90 Å². The van der Waals surface area contributed by atoms with Crippen LogP contribution in [0.3, 0.4) is 0 Å². The Labute approximate surface area is 215 Å². The highest BCUT2D eigenvalue weighted by molar-refractivity contribution is 6.30. The number of anilines is 2. The summed E-state index contributed by atoms with van der Waals surface area (Å²) in [6.45, 7) is 2.25. The van der Waals surface area contributed by atoms with Gasteiger partial charge in [0.25, 0.3) is 0 Å². The topological polar surface area (TPSA) is 76.1 Å². The molecule has 0 saturated heterocycles. The molecule has 2 aromatic rings. The molecule has 2 heterocycles. The van der Waals surface area contributed by atoms with E-state index in [4.69, 9.17) is 21.1 Å². The summed E-state index contributed by atoms with van der Waals surface area (Å²) < 4.78 is 9.62. The van der Waals surface area contributed by atoms with Gasteiger partial charge >= 0.3 is 18.2 Å². The van der Waals surface area contributed by atoms with Gasteiger partial charge in [-0.25, -0.2) is 9.59 Å². The molecule has 0 aliphatic carbocycles. The van der Waals surface area contributed by atoms with Crippen molar-refractivity contribution in [1.29, 1.82) is 0 Å². The molecule has 4 rings (SSSR count). The maximum atomic E-state index is 12.2. The molecule has 0 fully saturated rings. The number of cyclic esters (lactones) is 2. The van der Waals surface area contributed by atoms with E-state index >= 15 is 0 Å². The van der Waals surface area contributed by atoms with Crippen LogP contribution in [0.4, 0.5) is 11.4 Å². The molecular weight excluding hydrogens is 480 g/mol. The number of aryl methyl sites for hydroxylation is 2. The number of para-hydroxylation sites is 1. The Bertz CT molecular complexity index is 1170. The van der Waals surface area contributed by atoms with Crippen LogP contribution in [0.25, 0.3) is 0 Å². The minimum absolute atomic E-state index is 0.531. The number of rotatable bonds is 9. The van der Waals surface area contributed by atoms with E-state index in [9.17, 15) is 14.4 Å². The predicted molar refractivity (Wildman–Crippen MR) is 138 cm³/mol. The van der Waals surface area contributed by atoms with Gasteiger partial charge in [0, 0.05) is 41.6 Å². The van der Waals surface area contributed by atoms with Crippen molar-refractivity contribution in [3.8, 4) is 0 Å². The number of ether oxygens (including phenoxy) is 2. The molecule has 0 N–H and O–H groups in total. The normalized spacial score (nSPS) is 15.8. The Hall–Kier alpha value is -3.42. The van der Waals surface area contributed by atoms with Gasteiger partial charge in [-0.2, -0.15) is 0 Å². The Balaban J connectivity index is 1.28. The highest BCUT2D eigenvalue weighted by Gasteiger charge is 2.26. The van der Waals surface area contributed by atoms with E-state index in [2.05, 4.69) is 46.2 Å². The van der Waals surface area contributed by atoms with Crippen molar-refractivity contribution in [2.24, 2.45) is 0 Å². The molecule has 0 unspecified atom stereocenters. The zero-order valence-corrected chi connectivity index (χ0v) is 20.9. The lowest BCUT2D eigenvalue weighted by Crippen LogP contribution is -2.29. The summed E-state index contributed by atoms with van der Waals surface area (Å²) in [6.07, 6.45) is 7.22. The molecule has 2 aliphatic heterocycles. The number of carbonyl (C=O) groups is 3. The van der Waals surface area contributed by atoms with Gasteiger partial charge in [0.15, 0.2) is 0 Å². The largest absolute Gasteiger partial charge is 0.414 e. The maximum absolute atomic E-state index is 12.2. The molecule has 2 aromatic carbocycles. The number of likely N-dealkylation sites (N-methyl/N-ethyl adjacent to an activating group) is 1. The quantitative estimate of drug-likeness (QED) is 0.282. The summed E-state index contributed by atoms with van der Waals surface area (Å²) in [5.41, 5.74) is 5.07. The monoisotopic (exact) mass is 508 g/mol. The highest BCUT2D eigenvalue weighted by Crippen LogP contribution is 2.37. The van der Waals surface area contributed by atoms with Crippen LogP contribution in [0.5, 0.6) is 0 Å². The molecule has 0 bridgehead atoms. The second-order valence-electron chi connectivity index (χ2n) is 8.87. The van der Waals surface area contributed by atoms with Crippen LogP contribution in [0.15, 0.2) is 66.8 Å². The molecule has 0 amide bonds. The molecular formula is C28H29ClN2O5. The van der Waals surface area contributed by atoms with Gasteiger partial charge in [-0.15, -0.1) is 0 Å². The highest BCUT2D eigenvalue weighted by atomic mass is 35.5. The Morgan fingerprint density at radius 3 is 2.47 bits per heavy atom. The summed E-state index contributed by atoms with van der Waals surface area (Å²) in [6, 6.07) is 14.7. The van der Waals surface area contributed by atoms with E-state index in [0.717, 1.165) is 55.9 Å². The molecule has 0 radical (unpaired) electrons. The van der Waals surface area contributed by atoms with E-state index < -0.39 is 24.0 Å². The third-order valence-corrected chi connectivity index (χ3v) is 6.42. The number of hydrogen-bond donors (Lipinski definition) is 0. The molecule has 0 aromatic heterocycles. The third-order valence-electron chi connectivity index (χ3n) is 6.19. The van der Waals surface area contributed by atoms with Crippen LogP contribution >= 0.6 is 11.6 Å². The zero-order valence-electron chi connectivity index (χ0n) is 20.2. The second kappa shape index (κ2) is 12.0. The van der Waals surface area contributed by atoms with Gasteiger partial charge in [-0.3, -0.25) is 4.79 Å². The third kappa shape index (κ3) is 6.62. The molecule has 8 heteroatoms. The molecule has 0 spiro atoms. The van der Waals surface area contributed by atoms with E-state index in [1.54, 1.807) is 6.08 Å². The van der Waals surface area contributed by atoms with Crippen molar-refractivity contribution in [2.75, 3.05) is 31.6 Å². The minimum Gasteiger partial charge on any atom is -0.414 e. The van der Waals surface area contributed by atoms with Gasteiger partial charge in [-0.05, 0) is 74.7 Å². The van der Waals surface area contributed by atoms with Gasteiger partial charge in [0.05, 0.1) is 0 Å². The Morgan fingerprint density at radius 2 is 1.72 bits per heavy atom. The summed E-state index contributed by atoms with van der Waals surface area (Å²) in [5.74, 6) is -2.17. The van der Waals surface area contributed by atoms with Gasteiger partial charge < -0.3 is 19.3 Å². The van der Waals surface area contributed by atoms with Crippen LogP contribution < -0.4 is 4.90 Å². The molecule has 2 aliphatic rings. The first-order chi connectivity index (χ1) is 17.4. The van der Waals surface area contributed by atoms with Crippen molar-refractivity contribution in [3.05, 3.63) is 82.9 Å². The van der Waals surface area contributed by atoms with Crippen LogP contribution in [0, 0.1) is 0 Å². The minimum atomic E-state index is -1.55. The molecule has 188 valence electrons. The predicted octanol–water partition coefficient (Wildman–Crippen LogP) is 4.40. The number of benzene rings is 2. The number of fused-ring (bicyclic) bond motifs is 2. The van der Waals surface area contributed by atoms with Crippen molar-refractivity contribution in [2.45, 2.75) is 32.0 Å². The van der Waals surface area contributed by atoms with Crippen molar-refractivity contribution >= 4 is 40.7 Å². The number of halogens is 1. The zero-order chi connectivity index (χ0) is 25.5. The standard InChI is InChI=1S/C28H29ClN2O5/c1-30(17-6-9-25(32)28-35-26(33)14-15-27(34)36-28)16-4-5-18-31-23-8-3-2-7-20(23)10-11-21-12-13-22(29)19-24(21)31/h2-3,6-9,12-15,19,28H,4-5,10-11,16-18H2,1H3/b9-6+. The fourth-order valence-electron chi connectivity index (χ4n) is 4.36. The Morgan fingerprint density at radius 1 is 1.03 bits per heavy atom. The van der Waals surface area contributed by atoms with Crippen LogP contribution in [0.2, 0.25) is 5.02 Å². The molecule has 0 atom stereocenters. The lowest BCUT2D eigenvalue weighted by Gasteiger charge is -2.27. The van der Waals surface area contributed by atoms with E-state index in [0.29, 0.717) is 6.54 Å². The number of unbranched alkanes of at least 4 members (excludes halogenated alkanes) is 1. The number of ketones is 1. The molecule has 0 saturated carbocycles. The smallest absolute Gasteiger partial charge is 0.334 e. The molecule has 7 nitrogen and oxygen atoms in total. The summed E-state index contributed by atoms with van der Waals surface area (Å²) in [7, 11) is 1.97. The fraction of sp³-hybridized carbons (Fsp3) is 0.321. The number of nitrogens with zero attached hydrogens (tertiary/aromatic N) is 2. The van der Waals surface area contributed by atoms with Gasteiger partial charge in [-0.1, -0.05) is 41.9 Å². The number of carbonyl (C=O) groups excluding carboxylic acids is 3. The number of esters is 2. The summed E-state index contributed by atoms with van der Waals surface area (Å²) >= 11 is 6.35. The number of hydrogen-bond acceptors (Lipinski definition) is 7. The lowest BCUT2D eigenvalue weighted by atomic mass is 10.0. The SMILES string of the molecule is CN(C/C=C/C(=O)C1OC(=O)C=CC(=O)O1)CCCCN1c2ccccc2CCc2ccc(Cl)cc21. The van der Waals surface area contributed by atoms with Gasteiger partial charge in [0.1, 0.15) is 0 Å². The van der Waals surface area contributed by atoms with E-state index in [1.165, 1.54) is 28.6 Å². The average molecular weight is 509 g/mol. The summed E-state index contributed by atoms with van der Waals surface area (Å²) in [5, 5.41) is 0.740. The van der Waals surface area contributed by atoms with Crippen molar-refractivity contribution < 1.29 is 23.9 Å². The van der Waals surface area contributed by atoms with Crippen LogP contribution in [-0.4, -0.2) is 55.6 Å². The van der Waals surface area contributed by atoms with E-state index in [1.807, 2.05) is 13.1 Å². The summed E-state index contributed by atoms with van der Waals surface area (Å²) in [4.78, 5) is 39.5. The Kier molecular flexibility index (Phi) is 8.57. The lowest BCUT2D eigenvalue weighted by molar-refractivity contribution is -0.182. The first-order valence-corrected chi connectivity index (χ1v) is 12.4. The molecule has 36 heavy (non-hydrogen) atoms. The second-order valence-corrected chi connectivity index (χ2v) is 9.30. The van der Waals surface area contributed by atoms with Crippen LogP contribution in [-0.2, 0) is 36.7 Å². The maximum Gasteiger partial charge on any atom is 0.334 e. The van der Waals surface area contributed by atoms with Crippen LogP contribution in [0.1, 0.15) is 24.0 Å².